The Hall–Kier alpha value is 0.310. The van der Waals surface area contributed by atoms with Crippen LogP contribution in [0.1, 0.15) is 6.42 Å². The highest BCUT2D eigenvalue weighted by molar-refractivity contribution is 7.09. The third kappa shape index (κ3) is 1.89. The van der Waals surface area contributed by atoms with Gasteiger partial charge in [-0.3, -0.25) is 0 Å². The van der Waals surface area contributed by atoms with Crippen molar-refractivity contribution in [3.8, 4) is 0 Å². The van der Waals surface area contributed by atoms with Crippen molar-refractivity contribution in [3.63, 3.8) is 0 Å². The molecule has 1 saturated heterocycles. The molecule has 0 N–H and O–H groups in total. The molecular formula is C6H13O3P. The van der Waals surface area contributed by atoms with Crippen molar-refractivity contribution in [2.24, 2.45) is 0 Å². The minimum atomic E-state index is 0.127. The molecule has 1 fully saturated rings. The predicted octanol–water partition coefficient (Wildman–Crippen LogP) is 0.597. The normalized spacial score (nSPS) is 33.0. The molecule has 0 aromatic rings. The smallest absolute Gasteiger partial charge is 0.107 e. The zero-order valence-corrected chi connectivity index (χ0v) is 7.23. The van der Waals surface area contributed by atoms with Crippen molar-refractivity contribution in [3.05, 3.63) is 0 Å². The molecule has 0 saturated carbocycles. The molecule has 1 aliphatic heterocycles. The number of ether oxygens (including phenoxy) is 2. The number of methoxy groups -OCH3 is 1. The summed E-state index contributed by atoms with van der Waals surface area (Å²) < 4.78 is 15.4. The van der Waals surface area contributed by atoms with Crippen LogP contribution in [0.25, 0.3) is 0 Å². The molecule has 1 heterocycles. The van der Waals surface area contributed by atoms with Gasteiger partial charge in [-0.1, -0.05) is 0 Å². The van der Waals surface area contributed by atoms with E-state index < -0.39 is 0 Å². The van der Waals surface area contributed by atoms with Gasteiger partial charge in [0.05, 0.1) is 12.7 Å². The Kier molecular flexibility index (Phi) is 3.57. The Balaban J connectivity index is 2.27. The summed E-state index contributed by atoms with van der Waals surface area (Å²) in [5.41, 5.74) is 0. The van der Waals surface area contributed by atoms with Crippen LogP contribution in [0.2, 0.25) is 0 Å². The molecule has 0 bridgehead atoms. The molecule has 4 heteroatoms. The van der Waals surface area contributed by atoms with Gasteiger partial charge in [0.25, 0.3) is 0 Å². The zero-order chi connectivity index (χ0) is 7.40. The second-order valence-corrected chi connectivity index (χ2v) is 2.64. The van der Waals surface area contributed by atoms with Gasteiger partial charge in [0, 0.05) is 23.2 Å². The fraction of sp³-hybridized carbons (Fsp3) is 1.00. The average Bonchev–Trinajstić information content (AvgIpc) is 2.36. The Morgan fingerprint density at radius 1 is 1.70 bits per heavy atom. The van der Waals surface area contributed by atoms with E-state index in [2.05, 4.69) is 9.47 Å². The second kappa shape index (κ2) is 4.24. The topological polar surface area (TPSA) is 27.7 Å². The van der Waals surface area contributed by atoms with Gasteiger partial charge in [0.15, 0.2) is 0 Å². The van der Waals surface area contributed by atoms with Gasteiger partial charge < -0.3 is 14.0 Å². The maximum absolute atomic E-state index is 5.33. The first kappa shape index (κ1) is 8.41. The van der Waals surface area contributed by atoms with Crippen molar-refractivity contribution in [1.82, 2.24) is 0 Å². The lowest BCUT2D eigenvalue weighted by atomic mass is 10.2. The van der Waals surface area contributed by atoms with Crippen molar-refractivity contribution < 1.29 is 14.0 Å². The molecule has 10 heavy (non-hydrogen) atoms. The highest BCUT2D eigenvalue weighted by atomic mass is 31.0. The van der Waals surface area contributed by atoms with Crippen molar-refractivity contribution >= 4 is 9.47 Å². The van der Waals surface area contributed by atoms with Crippen LogP contribution in [0, 0.1) is 0 Å². The monoisotopic (exact) mass is 164 g/mol. The molecule has 0 spiro atoms. The van der Waals surface area contributed by atoms with E-state index in [1.165, 1.54) is 0 Å². The van der Waals surface area contributed by atoms with Crippen LogP contribution in [-0.2, 0) is 14.0 Å². The Bertz CT molecular complexity index is 99.0. The van der Waals surface area contributed by atoms with E-state index in [1.54, 1.807) is 7.11 Å². The molecule has 1 rings (SSSR count). The summed E-state index contributed by atoms with van der Waals surface area (Å²) in [6, 6.07) is 0. The fourth-order valence-electron chi connectivity index (χ4n) is 1.15. The molecule has 3 nitrogen and oxygen atoms in total. The zero-order valence-electron chi connectivity index (χ0n) is 6.08. The largest absolute Gasteiger partial charge is 0.379 e. The summed E-state index contributed by atoms with van der Waals surface area (Å²) in [5, 5.41) is 0. The van der Waals surface area contributed by atoms with Gasteiger partial charge in [-0.15, -0.1) is 0 Å². The highest BCUT2D eigenvalue weighted by Gasteiger charge is 2.27. The standard InChI is InChI=1S/C6H13O3P/c1-7-5-2-3-8-6(5)4-9-10/h5-6H,2-4,10H2,1H3/t5-,6-/m1/s1. The van der Waals surface area contributed by atoms with E-state index in [-0.39, 0.29) is 12.2 Å². The van der Waals surface area contributed by atoms with Gasteiger partial charge in [-0.25, -0.2) is 0 Å². The minimum Gasteiger partial charge on any atom is -0.379 e. The molecule has 0 aromatic carbocycles. The van der Waals surface area contributed by atoms with Gasteiger partial charge >= 0.3 is 0 Å². The molecule has 1 aliphatic rings. The van der Waals surface area contributed by atoms with E-state index >= 15 is 0 Å². The lowest BCUT2D eigenvalue weighted by Crippen LogP contribution is -2.26. The van der Waals surface area contributed by atoms with Gasteiger partial charge in [0.2, 0.25) is 0 Å². The van der Waals surface area contributed by atoms with E-state index in [1.807, 2.05) is 0 Å². The first-order chi connectivity index (χ1) is 4.88. The van der Waals surface area contributed by atoms with Gasteiger partial charge in [-0.05, 0) is 6.42 Å². The lowest BCUT2D eigenvalue weighted by Gasteiger charge is -2.14. The first-order valence-electron chi connectivity index (χ1n) is 3.34. The van der Waals surface area contributed by atoms with Crippen LogP contribution in [-0.4, -0.2) is 32.5 Å². The summed E-state index contributed by atoms with van der Waals surface area (Å²) in [5.74, 6) is 0. The molecular weight excluding hydrogens is 151 g/mol. The van der Waals surface area contributed by atoms with Crippen molar-refractivity contribution in [2.45, 2.75) is 18.6 Å². The quantitative estimate of drug-likeness (QED) is 0.571. The summed E-state index contributed by atoms with van der Waals surface area (Å²) >= 11 is 0. The number of hydrogen-bond acceptors (Lipinski definition) is 3. The van der Waals surface area contributed by atoms with Crippen molar-refractivity contribution in [1.29, 1.82) is 0 Å². The van der Waals surface area contributed by atoms with E-state index in [0.717, 1.165) is 13.0 Å². The maximum atomic E-state index is 5.33. The van der Waals surface area contributed by atoms with E-state index in [4.69, 9.17) is 14.0 Å². The molecule has 0 radical (unpaired) electrons. The summed E-state index contributed by atoms with van der Waals surface area (Å²) in [7, 11) is 3.91. The minimum absolute atomic E-state index is 0.127. The third-order valence-corrected chi connectivity index (χ3v) is 1.90. The third-order valence-electron chi connectivity index (χ3n) is 1.71. The van der Waals surface area contributed by atoms with Crippen LogP contribution in [0.5, 0.6) is 0 Å². The molecule has 0 aliphatic carbocycles. The maximum Gasteiger partial charge on any atom is 0.107 e. The van der Waals surface area contributed by atoms with Crippen LogP contribution in [0.15, 0.2) is 0 Å². The van der Waals surface area contributed by atoms with E-state index in [0.29, 0.717) is 6.61 Å². The van der Waals surface area contributed by atoms with Crippen molar-refractivity contribution in [2.75, 3.05) is 20.3 Å². The number of rotatable bonds is 3. The van der Waals surface area contributed by atoms with Crippen LogP contribution in [0.4, 0.5) is 0 Å². The highest BCUT2D eigenvalue weighted by Crippen LogP contribution is 2.16. The van der Waals surface area contributed by atoms with E-state index in [9.17, 15) is 0 Å². The average molecular weight is 164 g/mol. The Labute approximate surface area is 63.3 Å². The Morgan fingerprint density at radius 3 is 3.10 bits per heavy atom. The van der Waals surface area contributed by atoms with Crippen LogP contribution in [0.3, 0.4) is 0 Å². The fourth-order valence-corrected chi connectivity index (χ4v) is 1.34. The SMILES string of the molecule is CO[C@@H]1CCO[C@@H]1COP. The summed E-state index contributed by atoms with van der Waals surface area (Å²) in [6.07, 6.45) is 1.33. The molecule has 0 amide bonds. The molecule has 3 atom stereocenters. The summed E-state index contributed by atoms with van der Waals surface area (Å²) in [4.78, 5) is 0. The molecule has 0 aromatic heterocycles. The lowest BCUT2D eigenvalue weighted by molar-refractivity contribution is -0.00534. The first-order valence-corrected chi connectivity index (χ1v) is 3.81. The molecule has 60 valence electrons. The van der Waals surface area contributed by atoms with Crippen LogP contribution >= 0.6 is 9.47 Å². The van der Waals surface area contributed by atoms with Crippen LogP contribution < -0.4 is 0 Å². The van der Waals surface area contributed by atoms with Gasteiger partial charge in [-0.2, -0.15) is 0 Å². The van der Waals surface area contributed by atoms with Gasteiger partial charge in [0.1, 0.15) is 6.10 Å². The predicted molar refractivity (Wildman–Crippen MR) is 40.8 cm³/mol. The molecule has 1 unspecified atom stereocenters. The summed E-state index contributed by atoms with van der Waals surface area (Å²) in [6.45, 7) is 1.39. The second-order valence-electron chi connectivity index (χ2n) is 2.31. The Morgan fingerprint density at radius 2 is 2.50 bits per heavy atom. The number of hydrogen-bond donors (Lipinski definition) is 0.